The van der Waals surface area contributed by atoms with Gasteiger partial charge in [-0.3, -0.25) is 14.4 Å². The number of hydrogen-bond donors (Lipinski definition) is 5. The van der Waals surface area contributed by atoms with E-state index in [9.17, 15) is 34.8 Å². The minimum atomic E-state index is -1.75. The highest BCUT2D eigenvalue weighted by molar-refractivity contribution is 5.84. The number of benzene rings is 2. The number of carboxylic acid groups (broad SMARTS) is 1. The summed E-state index contributed by atoms with van der Waals surface area (Å²) in [7, 11) is 1.32. The van der Waals surface area contributed by atoms with E-state index in [2.05, 4.69) is 0 Å². The number of methoxy groups -OCH3 is 1. The molecule has 0 radical (unpaired) electrons. The zero-order valence-corrected chi connectivity index (χ0v) is 20.6. The fourth-order valence-corrected chi connectivity index (χ4v) is 3.96. The van der Waals surface area contributed by atoms with Crippen molar-refractivity contribution < 1.29 is 58.5 Å². The number of phenols is 1. The van der Waals surface area contributed by atoms with Crippen molar-refractivity contribution >= 4 is 22.9 Å². The van der Waals surface area contributed by atoms with E-state index in [-0.39, 0.29) is 39.2 Å². The maximum absolute atomic E-state index is 13.1. The molecule has 0 unspecified atom stereocenters. The highest BCUT2D eigenvalue weighted by Crippen LogP contribution is 2.35. The van der Waals surface area contributed by atoms with Crippen LogP contribution in [-0.4, -0.2) is 81.9 Å². The van der Waals surface area contributed by atoms with Crippen LogP contribution in [-0.2, 0) is 19.1 Å². The summed E-state index contributed by atoms with van der Waals surface area (Å²) in [6, 6.07) is 8.67. The lowest BCUT2D eigenvalue weighted by molar-refractivity contribution is -0.278. The Morgan fingerprint density at radius 2 is 1.69 bits per heavy atom. The Morgan fingerprint density at radius 3 is 2.36 bits per heavy atom. The Morgan fingerprint density at radius 1 is 0.974 bits per heavy atom. The standard InChI is InChI=1S/C26H26O13/c1-35-17-8-14-16(36-10-15(22(14)31)12-2-4-13(27)5-3-12)9-18(17)38-26-25(34)24(33)23(32)19(39-26)11-37-21(30)7-6-20(28)29/h2-5,8-10,19,23-27,32-34H,6-7,11H2,1H3,(H,28,29)/t19-,23-,24+,25-,26-/m1/s1. The summed E-state index contributed by atoms with van der Waals surface area (Å²) in [5.41, 5.74) is 0.475. The van der Waals surface area contributed by atoms with E-state index in [1.807, 2.05) is 0 Å². The highest BCUT2D eigenvalue weighted by Gasteiger charge is 2.45. The van der Waals surface area contributed by atoms with Crippen LogP contribution < -0.4 is 14.9 Å². The van der Waals surface area contributed by atoms with E-state index in [1.54, 1.807) is 12.1 Å². The summed E-state index contributed by atoms with van der Waals surface area (Å²) in [6.07, 6.45) is -7.63. The average molecular weight is 546 g/mol. The van der Waals surface area contributed by atoms with Crippen LogP contribution in [0.2, 0.25) is 0 Å². The second-order valence-corrected chi connectivity index (χ2v) is 8.73. The molecule has 39 heavy (non-hydrogen) atoms. The Labute approximate surface area is 220 Å². The second-order valence-electron chi connectivity index (χ2n) is 8.73. The van der Waals surface area contributed by atoms with E-state index in [0.29, 0.717) is 5.56 Å². The monoisotopic (exact) mass is 546 g/mol. The van der Waals surface area contributed by atoms with E-state index < -0.39 is 62.1 Å². The number of fused-ring (bicyclic) bond motifs is 1. The van der Waals surface area contributed by atoms with Crippen molar-refractivity contribution in [3.05, 3.63) is 52.9 Å². The molecule has 0 spiro atoms. The van der Waals surface area contributed by atoms with Crippen molar-refractivity contribution in [2.24, 2.45) is 0 Å². The molecule has 208 valence electrons. The first-order chi connectivity index (χ1) is 18.6. The Bertz CT molecular complexity index is 1400. The van der Waals surface area contributed by atoms with E-state index >= 15 is 0 Å². The molecule has 2 heterocycles. The first kappa shape index (κ1) is 27.9. The van der Waals surface area contributed by atoms with Gasteiger partial charge in [-0.25, -0.2) is 0 Å². The van der Waals surface area contributed by atoms with Crippen LogP contribution in [0.3, 0.4) is 0 Å². The summed E-state index contributed by atoms with van der Waals surface area (Å²) >= 11 is 0. The number of esters is 1. The minimum Gasteiger partial charge on any atom is -0.508 e. The number of aliphatic hydroxyl groups excluding tert-OH is 3. The van der Waals surface area contributed by atoms with Gasteiger partial charge in [-0.2, -0.15) is 0 Å². The molecule has 1 saturated heterocycles. The summed E-state index contributed by atoms with van der Waals surface area (Å²) in [5.74, 6) is -1.98. The third-order valence-electron chi connectivity index (χ3n) is 6.10. The lowest BCUT2D eigenvalue weighted by Gasteiger charge is -2.40. The zero-order chi connectivity index (χ0) is 28.3. The van der Waals surface area contributed by atoms with Gasteiger partial charge < -0.3 is 48.9 Å². The van der Waals surface area contributed by atoms with Gasteiger partial charge in [0.2, 0.25) is 11.7 Å². The number of aliphatic hydroxyl groups is 3. The molecule has 0 saturated carbocycles. The van der Waals surface area contributed by atoms with Gasteiger partial charge in [0.25, 0.3) is 0 Å². The fraction of sp³-hybridized carbons (Fsp3) is 0.346. The van der Waals surface area contributed by atoms with Crippen LogP contribution in [0.15, 0.2) is 51.9 Å². The molecule has 1 aliphatic heterocycles. The Kier molecular flexibility index (Phi) is 8.35. The molecular weight excluding hydrogens is 520 g/mol. The molecule has 1 aliphatic rings. The Hall–Kier alpha value is -4.17. The van der Waals surface area contributed by atoms with Crippen molar-refractivity contribution in [2.45, 2.75) is 43.5 Å². The summed E-state index contributed by atoms with van der Waals surface area (Å²) in [5, 5.41) is 49.3. The molecule has 3 aromatic rings. The van der Waals surface area contributed by atoms with Crippen molar-refractivity contribution in [1.29, 1.82) is 0 Å². The van der Waals surface area contributed by atoms with Crippen molar-refractivity contribution in [2.75, 3.05) is 13.7 Å². The molecular formula is C26H26O13. The Balaban J connectivity index is 1.56. The van der Waals surface area contributed by atoms with Gasteiger partial charge in [-0.1, -0.05) is 12.1 Å². The molecule has 0 amide bonds. The van der Waals surface area contributed by atoms with Gasteiger partial charge in [0.05, 0.1) is 30.9 Å². The SMILES string of the molecule is COc1cc2c(=O)c(-c3ccc(O)cc3)coc2cc1O[C@@H]1O[C@H](COC(=O)CCC(=O)O)[C@@H](O)[C@H](O)[C@H]1O. The van der Waals surface area contributed by atoms with Crippen LogP contribution >= 0.6 is 0 Å². The maximum Gasteiger partial charge on any atom is 0.306 e. The highest BCUT2D eigenvalue weighted by atomic mass is 16.7. The van der Waals surface area contributed by atoms with Gasteiger partial charge in [-0.05, 0) is 23.8 Å². The maximum atomic E-state index is 13.1. The number of hydrogen-bond acceptors (Lipinski definition) is 12. The molecule has 4 rings (SSSR count). The van der Waals surface area contributed by atoms with Gasteiger partial charge in [0.1, 0.15) is 48.6 Å². The molecule has 5 N–H and O–H groups in total. The number of ether oxygens (including phenoxy) is 4. The molecule has 1 fully saturated rings. The molecule has 0 aliphatic carbocycles. The molecule has 13 heteroatoms. The third-order valence-corrected chi connectivity index (χ3v) is 6.10. The second kappa shape index (κ2) is 11.7. The predicted molar refractivity (Wildman–Crippen MR) is 131 cm³/mol. The number of phenolic OH excluding ortho intramolecular Hbond substituents is 1. The third kappa shape index (κ3) is 6.12. The number of carbonyl (C=O) groups is 2. The predicted octanol–water partition coefficient (Wildman–Crippen LogP) is 0.769. The van der Waals surface area contributed by atoms with Gasteiger partial charge in [0.15, 0.2) is 11.5 Å². The van der Waals surface area contributed by atoms with Crippen LogP contribution in [0.1, 0.15) is 12.8 Å². The largest absolute Gasteiger partial charge is 0.508 e. The fourth-order valence-electron chi connectivity index (χ4n) is 3.96. The first-order valence-corrected chi connectivity index (χ1v) is 11.8. The zero-order valence-electron chi connectivity index (χ0n) is 20.6. The van der Waals surface area contributed by atoms with E-state index in [4.69, 9.17) is 28.5 Å². The minimum absolute atomic E-state index is 0.0321. The molecule has 5 atom stereocenters. The van der Waals surface area contributed by atoms with Crippen LogP contribution in [0, 0.1) is 0 Å². The summed E-state index contributed by atoms with van der Waals surface area (Å²) in [6.45, 7) is -0.549. The van der Waals surface area contributed by atoms with Gasteiger partial charge >= 0.3 is 11.9 Å². The smallest absolute Gasteiger partial charge is 0.306 e. The molecule has 0 bridgehead atoms. The average Bonchev–Trinajstić information content (AvgIpc) is 2.92. The van der Waals surface area contributed by atoms with E-state index in [0.717, 1.165) is 0 Å². The summed E-state index contributed by atoms with van der Waals surface area (Å²) in [4.78, 5) is 35.5. The van der Waals surface area contributed by atoms with Crippen molar-refractivity contribution in [3.63, 3.8) is 0 Å². The number of carboxylic acids is 1. The normalized spacial score (nSPS) is 22.8. The van der Waals surface area contributed by atoms with Crippen LogP contribution in [0.25, 0.3) is 22.1 Å². The number of aliphatic carboxylic acids is 1. The quantitative estimate of drug-likeness (QED) is 0.236. The molecule has 13 nitrogen and oxygen atoms in total. The first-order valence-electron chi connectivity index (χ1n) is 11.8. The molecule has 1 aromatic heterocycles. The molecule has 2 aromatic carbocycles. The summed E-state index contributed by atoms with van der Waals surface area (Å²) < 4.78 is 27.2. The topological polar surface area (TPSA) is 202 Å². The lowest BCUT2D eigenvalue weighted by atomic mass is 9.99. The van der Waals surface area contributed by atoms with Crippen molar-refractivity contribution in [3.8, 4) is 28.4 Å². The number of carbonyl (C=O) groups excluding carboxylic acids is 1. The van der Waals surface area contributed by atoms with Gasteiger partial charge in [0, 0.05) is 6.07 Å². The van der Waals surface area contributed by atoms with Crippen molar-refractivity contribution in [1.82, 2.24) is 0 Å². The van der Waals surface area contributed by atoms with Crippen LogP contribution in [0.4, 0.5) is 0 Å². The van der Waals surface area contributed by atoms with Gasteiger partial charge in [-0.15, -0.1) is 0 Å². The number of rotatable bonds is 9. The van der Waals surface area contributed by atoms with Crippen LogP contribution in [0.5, 0.6) is 17.2 Å². The number of aromatic hydroxyl groups is 1. The lowest BCUT2D eigenvalue weighted by Crippen LogP contribution is -2.60. The van der Waals surface area contributed by atoms with E-state index in [1.165, 1.54) is 37.6 Å².